The molecule has 35 heavy (non-hydrogen) atoms. The number of anilines is 1. The number of nitrogens with one attached hydrogen (secondary N) is 1. The fourth-order valence-corrected chi connectivity index (χ4v) is 4.25. The highest BCUT2D eigenvalue weighted by Gasteiger charge is 2.34. The Morgan fingerprint density at radius 2 is 1.77 bits per heavy atom. The van der Waals surface area contributed by atoms with Crippen LogP contribution in [-0.2, 0) is 16.2 Å². The predicted molar refractivity (Wildman–Crippen MR) is 137 cm³/mol. The van der Waals surface area contributed by atoms with E-state index >= 15 is 0 Å². The van der Waals surface area contributed by atoms with Gasteiger partial charge in [0.15, 0.2) is 5.11 Å². The lowest BCUT2D eigenvalue weighted by molar-refractivity contribution is -0.255. The van der Waals surface area contributed by atoms with Crippen LogP contribution in [0.4, 0.5) is 10.1 Å². The standard InChI is InChI=1S/C25H16FIN2O5S/c26-17-6-8-18(9-7-17)29-23(31)19(22(30)28-25(29)35)11-15-3-10-21(20(27)12-15)34-13-14-1-4-16(5-2-14)24(32)33/h1-12H,13H2,(H,32,33)(H,28,30,35)/p-1/b19-11-. The Morgan fingerprint density at radius 3 is 2.40 bits per heavy atom. The monoisotopic (exact) mass is 601 g/mol. The number of thiocarbonyl (C=S) groups is 1. The van der Waals surface area contributed by atoms with Gasteiger partial charge in [0.05, 0.1) is 15.2 Å². The highest BCUT2D eigenvalue weighted by Crippen LogP contribution is 2.26. The van der Waals surface area contributed by atoms with Gasteiger partial charge in [-0.05, 0) is 94.0 Å². The van der Waals surface area contributed by atoms with Crippen molar-refractivity contribution in [3.8, 4) is 5.75 Å². The number of aromatic carboxylic acids is 1. The Hall–Kier alpha value is -3.64. The maximum absolute atomic E-state index is 13.3. The summed E-state index contributed by atoms with van der Waals surface area (Å²) in [6, 6.07) is 16.5. The smallest absolute Gasteiger partial charge is 0.270 e. The van der Waals surface area contributed by atoms with Crippen LogP contribution in [0.25, 0.3) is 6.08 Å². The van der Waals surface area contributed by atoms with Crippen molar-refractivity contribution in [3.63, 3.8) is 0 Å². The fraction of sp³-hybridized carbons (Fsp3) is 0.0400. The van der Waals surface area contributed by atoms with Crippen LogP contribution in [0.3, 0.4) is 0 Å². The molecule has 7 nitrogen and oxygen atoms in total. The van der Waals surface area contributed by atoms with Crippen LogP contribution in [0, 0.1) is 9.39 Å². The van der Waals surface area contributed by atoms with E-state index in [1.54, 1.807) is 30.3 Å². The van der Waals surface area contributed by atoms with Crippen LogP contribution in [0.2, 0.25) is 0 Å². The number of nitrogens with zero attached hydrogens (tertiary/aromatic N) is 1. The molecule has 1 aliphatic heterocycles. The van der Waals surface area contributed by atoms with E-state index in [1.165, 1.54) is 42.5 Å². The molecule has 0 unspecified atom stereocenters. The zero-order chi connectivity index (χ0) is 25.1. The zero-order valence-electron chi connectivity index (χ0n) is 17.8. The third-order valence-corrected chi connectivity index (χ3v) is 6.17. The number of halogens is 2. The highest BCUT2D eigenvalue weighted by molar-refractivity contribution is 14.1. The average molecular weight is 601 g/mol. The van der Waals surface area contributed by atoms with Gasteiger partial charge in [0.25, 0.3) is 11.8 Å². The second-order valence-corrected chi connectivity index (χ2v) is 8.95. The van der Waals surface area contributed by atoms with E-state index in [0.29, 0.717) is 17.0 Å². The molecule has 1 heterocycles. The summed E-state index contributed by atoms with van der Waals surface area (Å²) in [7, 11) is 0. The molecular formula is C25H15FIN2O5S-. The zero-order valence-corrected chi connectivity index (χ0v) is 20.8. The summed E-state index contributed by atoms with van der Waals surface area (Å²) in [4.78, 5) is 37.5. The summed E-state index contributed by atoms with van der Waals surface area (Å²) in [6.07, 6.45) is 1.45. The first-order valence-electron chi connectivity index (χ1n) is 10.1. The number of amides is 2. The average Bonchev–Trinajstić information content (AvgIpc) is 2.82. The molecule has 3 aromatic carbocycles. The minimum Gasteiger partial charge on any atom is -0.545 e. The lowest BCUT2D eigenvalue weighted by Gasteiger charge is -2.28. The first kappa shape index (κ1) is 24.5. The van der Waals surface area contributed by atoms with E-state index in [2.05, 4.69) is 27.9 Å². The van der Waals surface area contributed by atoms with Gasteiger partial charge in [0.2, 0.25) is 0 Å². The molecule has 1 fully saturated rings. The predicted octanol–water partition coefficient (Wildman–Crippen LogP) is 3.20. The third kappa shape index (κ3) is 5.54. The van der Waals surface area contributed by atoms with E-state index < -0.39 is 23.6 Å². The van der Waals surface area contributed by atoms with E-state index in [-0.39, 0.29) is 22.9 Å². The normalized spacial score (nSPS) is 14.7. The first-order valence-corrected chi connectivity index (χ1v) is 11.6. The van der Waals surface area contributed by atoms with Crippen molar-refractivity contribution in [3.05, 3.63) is 98.4 Å². The summed E-state index contributed by atoms with van der Waals surface area (Å²) >= 11 is 7.22. The fourth-order valence-electron chi connectivity index (χ4n) is 3.27. The molecule has 0 aromatic heterocycles. The second-order valence-electron chi connectivity index (χ2n) is 7.40. The number of hydrogen-bond acceptors (Lipinski definition) is 6. The lowest BCUT2D eigenvalue weighted by Crippen LogP contribution is -2.54. The molecule has 0 bridgehead atoms. The maximum Gasteiger partial charge on any atom is 0.270 e. The molecule has 1 saturated heterocycles. The number of benzene rings is 3. The van der Waals surface area contributed by atoms with Crippen LogP contribution in [0.5, 0.6) is 5.75 Å². The Balaban J connectivity index is 1.52. The molecule has 10 heteroatoms. The van der Waals surface area contributed by atoms with Crippen LogP contribution in [0.1, 0.15) is 21.5 Å². The van der Waals surface area contributed by atoms with Crippen LogP contribution >= 0.6 is 34.8 Å². The summed E-state index contributed by atoms with van der Waals surface area (Å²) in [5.74, 6) is -2.39. The topological polar surface area (TPSA) is 98.8 Å². The van der Waals surface area contributed by atoms with Crippen molar-refractivity contribution in [2.24, 2.45) is 0 Å². The first-order chi connectivity index (χ1) is 16.7. The van der Waals surface area contributed by atoms with Crippen LogP contribution in [0.15, 0.2) is 72.3 Å². The number of carboxylic acid groups (broad SMARTS) is 1. The minimum atomic E-state index is -1.25. The van der Waals surface area contributed by atoms with E-state index in [0.717, 1.165) is 14.0 Å². The van der Waals surface area contributed by atoms with Gasteiger partial charge in [-0.3, -0.25) is 19.8 Å². The van der Waals surface area contributed by atoms with Gasteiger partial charge in [-0.1, -0.05) is 30.3 Å². The number of hydrogen-bond donors (Lipinski definition) is 1. The molecule has 2 amide bonds. The van der Waals surface area contributed by atoms with Gasteiger partial charge >= 0.3 is 0 Å². The number of ether oxygens (including phenoxy) is 1. The molecular weight excluding hydrogens is 586 g/mol. The molecule has 0 radical (unpaired) electrons. The molecule has 176 valence electrons. The van der Waals surface area contributed by atoms with Crippen molar-refractivity contribution >= 4 is 69.5 Å². The second kappa shape index (κ2) is 10.3. The Bertz CT molecular complexity index is 1370. The summed E-state index contributed by atoms with van der Waals surface area (Å²) in [5, 5.41) is 13.3. The third-order valence-electron chi connectivity index (χ3n) is 5.04. The highest BCUT2D eigenvalue weighted by atomic mass is 127. The molecule has 1 aliphatic rings. The molecule has 1 N–H and O–H groups in total. The van der Waals surface area contributed by atoms with E-state index in [1.807, 2.05) is 0 Å². The number of rotatable bonds is 6. The molecule has 3 aromatic rings. The lowest BCUT2D eigenvalue weighted by atomic mass is 10.1. The van der Waals surface area contributed by atoms with Gasteiger partial charge in [-0.25, -0.2) is 4.39 Å². The quantitative estimate of drug-likeness (QED) is 0.202. The number of carboxylic acids is 1. The van der Waals surface area contributed by atoms with Gasteiger partial charge in [0, 0.05) is 0 Å². The SMILES string of the molecule is O=C1NC(=S)N(c2ccc(F)cc2)C(=O)/C1=C\c1ccc(OCc2ccc(C(=O)[O-])cc2)c(I)c1. The summed E-state index contributed by atoms with van der Waals surface area (Å²) < 4.78 is 19.8. The van der Waals surface area contributed by atoms with Gasteiger partial charge in [-0.2, -0.15) is 0 Å². The summed E-state index contributed by atoms with van der Waals surface area (Å²) in [6.45, 7) is 0.217. The van der Waals surface area contributed by atoms with Crippen molar-refractivity contribution in [2.75, 3.05) is 4.90 Å². The molecule has 0 saturated carbocycles. The van der Waals surface area contributed by atoms with Gasteiger partial charge in [-0.15, -0.1) is 0 Å². The van der Waals surface area contributed by atoms with Gasteiger partial charge < -0.3 is 14.6 Å². The summed E-state index contributed by atoms with van der Waals surface area (Å²) in [5.41, 5.74) is 1.66. The van der Waals surface area contributed by atoms with Crippen LogP contribution in [-0.4, -0.2) is 22.9 Å². The Kier molecular flexibility index (Phi) is 7.22. The maximum atomic E-state index is 13.3. The van der Waals surface area contributed by atoms with Crippen molar-refractivity contribution in [1.82, 2.24) is 5.32 Å². The molecule has 0 spiro atoms. The molecule has 4 rings (SSSR count). The molecule has 0 aliphatic carbocycles. The molecule has 0 atom stereocenters. The largest absolute Gasteiger partial charge is 0.545 e. The van der Waals surface area contributed by atoms with Crippen molar-refractivity contribution in [1.29, 1.82) is 0 Å². The van der Waals surface area contributed by atoms with Gasteiger partial charge in [0.1, 0.15) is 23.7 Å². The van der Waals surface area contributed by atoms with E-state index in [4.69, 9.17) is 17.0 Å². The number of carbonyl (C=O) groups is 3. The number of carbonyl (C=O) groups excluding carboxylic acids is 3. The Labute approximate surface area is 218 Å². The van der Waals surface area contributed by atoms with Crippen LogP contribution < -0.4 is 20.1 Å². The Morgan fingerprint density at radius 1 is 1.09 bits per heavy atom. The van der Waals surface area contributed by atoms with Crippen molar-refractivity contribution in [2.45, 2.75) is 6.61 Å². The minimum absolute atomic E-state index is 0.0840. The van der Waals surface area contributed by atoms with E-state index in [9.17, 15) is 23.9 Å². The van der Waals surface area contributed by atoms with Crippen molar-refractivity contribution < 1.29 is 28.6 Å².